The van der Waals surface area contributed by atoms with Crippen molar-refractivity contribution in [1.29, 1.82) is 0 Å². The van der Waals surface area contributed by atoms with Crippen LogP contribution in [0.3, 0.4) is 0 Å². The van der Waals surface area contributed by atoms with Gasteiger partial charge in [0.25, 0.3) is 5.91 Å². The molecule has 1 saturated carbocycles. The topological polar surface area (TPSA) is 60.0 Å². The van der Waals surface area contributed by atoms with Crippen LogP contribution < -0.4 is 11.1 Å². The number of amides is 1. The SMILES string of the molecule is CCCn1cccc1C(=O)N[C@@H]1CCCC[C@H]1N. The fourth-order valence-electron chi connectivity index (χ4n) is 2.64. The lowest BCUT2D eigenvalue weighted by atomic mass is 9.91. The van der Waals surface area contributed by atoms with Crippen LogP contribution in [-0.4, -0.2) is 22.6 Å². The third-order valence-corrected chi connectivity index (χ3v) is 3.66. The molecule has 2 rings (SSSR count). The predicted octanol–water partition coefficient (Wildman–Crippen LogP) is 1.90. The van der Waals surface area contributed by atoms with E-state index in [1.165, 1.54) is 6.42 Å². The molecule has 1 aromatic heterocycles. The van der Waals surface area contributed by atoms with Crippen molar-refractivity contribution >= 4 is 5.91 Å². The van der Waals surface area contributed by atoms with Crippen molar-refractivity contribution in [1.82, 2.24) is 9.88 Å². The Hall–Kier alpha value is -1.29. The molecule has 1 aliphatic rings. The average molecular weight is 249 g/mol. The maximum atomic E-state index is 12.2. The monoisotopic (exact) mass is 249 g/mol. The summed E-state index contributed by atoms with van der Waals surface area (Å²) in [7, 11) is 0. The van der Waals surface area contributed by atoms with Crippen LogP contribution in [0.2, 0.25) is 0 Å². The lowest BCUT2D eigenvalue weighted by molar-refractivity contribution is 0.0911. The summed E-state index contributed by atoms with van der Waals surface area (Å²) in [5.74, 6) is 0.0100. The number of nitrogens with two attached hydrogens (primary N) is 1. The van der Waals surface area contributed by atoms with Crippen LogP contribution >= 0.6 is 0 Å². The third-order valence-electron chi connectivity index (χ3n) is 3.66. The Morgan fingerprint density at radius 1 is 1.50 bits per heavy atom. The van der Waals surface area contributed by atoms with E-state index in [0.717, 1.165) is 37.9 Å². The molecule has 2 atom stereocenters. The van der Waals surface area contributed by atoms with Gasteiger partial charge in [0, 0.05) is 24.8 Å². The van der Waals surface area contributed by atoms with E-state index in [4.69, 9.17) is 5.73 Å². The van der Waals surface area contributed by atoms with Crippen molar-refractivity contribution < 1.29 is 4.79 Å². The molecule has 100 valence electrons. The first-order chi connectivity index (χ1) is 8.72. The number of carbonyl (C=O) groups is 1. The third kappa shape index (κ3) is 2.93. The van der Waals surface area contributed by atoms with Crippen LogP contribution in [0.25, 0.3) is 0 Å². The molecule has 1 aliphatic carbocycles. The molecule has 0 radical (unpaired) electrons. The molecular weight excluding hydrogens is 226 g/mol. The first-order valence-electron chi connectivity index (χ1n) is 6.94. The Bertz CT molecular complexity index is 399. The molecule has 18 heavy (non-hydrogen) atoms. The van der Waals surface area contributed by atoms with E-state index in [0.29, 0.717) is 0 Å². The second-order valence-electron chi connectivity index (χ2n) is 5.12. The second-order valence-corrected chi connectivity index (χ2v) is 5.12. The Labute approximate surface area is 109 Å². The molecule has 0 unspecified atom stereocenters. The van der Waals surface area contributed by atoms with E-state index in [1.54, 1.807) is 0 Å². The first kappa shape index (κ1) is 13.1. The fourth-order valence-corrected chi connectivity index (χ4v) is 2.64. The van der Waals surface area contributed by atoms with Gasteiger partial charge in [0.15, 0.2) is 0 Å². The maximum Gasteiger partial charge on any atom is 0.268 e. The predicted molar refractivity (Wildman–Crippen MR) is 72.4 cm³/mol. The number of aromatic nitrogens is 1. The highest BCUT2D eigenvalue weighted by molar-refractivity contribution is 5.93. The van der Waals surface area contributed by atoms with Crippen LogP contribution in [0.5, 0.6) is 0 Å². The molecule has 0 aromatic carbocycles. The van der Waals surface area contributed by atoms with Gasteiger partial charge < -0.3 is 15.6 Å². The Balaban J connectivity index is 2.00. The van der Waals surface area contributed by atoms with Crippen LogP contribution in [0.15, 0.2) is 18.3 Å². The minimum absolute atomic E-state index is 0.0100. The molecule has 0 bridgehead atoms. The highest BCUT2D eigenvalue weighted by Gasteiger charge is 2.24. The number of rotatable bonds is 4. The highest BCUT2D eigenvalue weighted by Crippen LogP contribution is 2.17. The van der Waals surface area contributed by atoms with Gasteiger partial charge in [-0.25, -0.2) is 0 Å². The summed E-state index contributed by atoms with van der Waals surface area (Å²) in [5.41, 5.74) is 6.80. The minimum atomic E-state index is 0.0100. The van der Waals surface area contributed by atoms with Crippen molar-refractivity contribution in [3.8, 4) is 0 Å². The summed E-state index contributed by atoms with van der Waals surface area (Å²) in [6, 6.07) is 4.04. The molecule has 1 aromatic rings. The van der Waals surface area contributed by atoms with Gasteiger partial charge in [0.05, 0.1) is 0 Å². The van der Waals surface area contributed by atoms with E-state index in [1.807, 2.05) is 22.9 Å². The van der Waals surface area contributed by atoms with Crippen molar-refractivity contribution in [2.75, 3.05) is 0 Å². The number of hydrogen-bond donors (Lipinski definition) is 2. The van der Waals surface area contributed by atoms with Crippen molar-refractivity contribution in [3.63, 3.8) is 0 Å². The quantitative estimate of drug-likeness (QED) is 0.856. The lowest BCUT2D eigenvalue weighted by Crippen LogP contribution is -2.49. The second kappa shape index (κ2) is 6.05. The Morgan fingerprint density at radius 3 is 3.00 bits per heavy atom. The van der Waals surface area contributed by atoms with Gasteiger partial charge in [0.1, 0.15) is 5.69 Å². The summed E-state index contributed by atoms with van der Waals surface area (Å²) in [6.45, 7) is 2.99. The van der Waals surface area contributed by atoms with Gasteiger partial charge in [0.2, 0.25) is 0 Å². The molecule has 0 saturated heterocycles. The van der Waals surface area contributed by atoms with Crippen molar-refractivity contribution in [3.05, 3.63) is 24.0 Å². The van der Waals surface area contributed by atoms with Crippen LogP contribution in [0.4, 0.5) is 0 Å². The molecule has 0 aliphatic heterocycles. The number of aryl methyl sites for hydroxylation is 1. The van der Waals surface area contributed by atoms with Crippen LogP contribution in [0.1, 0.15) is 49.5 Å². The standard InChI is InChI=1S/C14H23N3O/c1-2-9-17-10-5-8-13(17)14(18)16-12-7-4-3-6-11(12)15/h5,8,10-12H,2-4,6-7,9,15H2,1H3,(H,16,18)/t11-,12-/m1/s1. The van der Waals surface area contributed by atoms with Crippen LogP contribution in [-0.2, 0) is 6.54 Å². The summed E-state index contributed by atoms with van der Waals surface area (Å²) in [4.78, 5) is 12.2. The molecule has 0 spiro atoms. The number of nitrogens with zero attached hydrogens (tertiary/aromatic N) is 1. The van der Waals surface area contributed by atoms with E-state index >= 15 is 0 Å². The van der Waals surface area contributed by atoms with E-state index in [2.05, 4.69) is 12.2 Å². The highest BCUT2D eigenvalue weighted by atomic mass is 16.2. The molecular formula is C14H23N3O. The van der Waals surface area contributed by atoms with Gasteiger partial charge in [-0.3, -0.25) is 4.79 Å². The van der Waals surface area contributed by atoms with E-state index < -0.39 is 0 Å². The zero-order valence-corrected chi connectivity index (χ0v) is 11.1. The molecule has 4 nitrogen and oxygen atoms in total. The molecule has 3 N–H and O–H groups in total. The van der Waals surface area contributed by atoms with E-state index in [-0.39, 0.29) is 18.0 Å². The number of carbonyl (C=O) groups excluding carboxylic acids is 1. The number of nitrogens with one attached hydrogen (secondary N) is 1. The van der Waals surface area contributed by atoms with Gasteiger partial charge in [-0.1, -0.05) is 19.8 Å². The van der Waals surface area contributed by atoms with Gasteiger partial charge in [-0.05, 0) is 31.4 Å². The lowest BCUT2D eigenvalue weighted by Gasteiger charge is -2.29. The smallest absolute Gasteiger partial charge is 0.268 e. The largest absolute Gasteiger partial charge is 0.346 e. The minimum Gasteiger partial charge on any atom is -0.346 e. The molecule has 1 heterocycles. The molecule has 1 amide bonds. The molecule has 1 fully saturated rings. The fraction of sp³-hybridized carbons (Fsp3) is 0.643. The molecule has 4 heteroatoms. The summed E-state index contributed by atoms with van der Waals surface area (Å²) in [6.07, 6.45) is 7.34. The van der Waals surface area contributed by atoms with Crippen molar-refractivity contribution in [2.45, 2.75) is 57.7 Å². The number of hydrogen-bond acceptors (Lipinski definition) is 2. The van der Waals surface area contributed by atoms with E-state index in [9.17, 15) is 4.79 Å². The average Bonchev–Trinajstić information content (AvgIpc) is 2.81. The van der Waals surface area contributed by atoms with Gasteiger partial charge >= 0.3 is 0 Å². The van der Waals surface area contributed by atoms with Gasteiger partial charge in [-0.15, -0.1) is 0 Å². The van der Waals surface area contributed by atoms with Crippen LogP contribution in [0, 0.1) is 0 Å². The normalized spacial score (nSPS) is 23.9. The first-order valence-corrected chi connectivity index (χ1v) is 6.94. The summed E-state index contributed by atoms with van der Waals surface area (Å²) < 4.78 is 2.00. The summed E-state index contributed by atoms with van der Waals surface area (Å²) >= 11 is 0. The zero-order valence-electron chi connectivity index (χ0n) is 11.1. The maximum absolute atomic E-state index is 12.2. The van der Waals surface area contributed by atoms with Crippen molar-refractivity contribution in [2.24, 2.45) is 5.73 Å². The Kier molecular flexibility index (Phi) is 4.42. The zero-order chi connectivity index (χ0) is 13.0. The van der Waals surface area contributed by atoms with Gasteiger partial charge in [-0.2, -0.15) is 0 Å². The summed E-state index contributed by atoms with van der Waals surface area (Å²) in [5, 5.41) is 3.09. The Morgan fingerprint density at radius 2 is 2.28 bits per heavy atom.